The number of para-hydroxylation sites is 2. The molecule has 8 aromatic rings. The Bertz CT molecular complexity index is 2510. The molecule has 0 aliphatic heterocycles. The number of benzene rings is 6. The molecule has 5 nitrogen and oxygen atoms in total. The van der Waals surface area contributed by atoms with E-state index in [1.807, 2.05) is 36.4 Å². The smallest absolute Gasteiger partial charge is 0.119 e. The number of hydrogen-bond acceptors (Lipinski definition) is 3. The maximum absolute atomic E-state index is 10.0. The summed E-state index contributed by atoms with van der Waals surface area (Å²) in [6, 6.07) is 48.0. The van der Waals surface area contributed by atoms with Gasteiger partial charge in [-0.25, -0.2) is 0 Å². The number of methoxy groups -OCH3 is 1. The largest absolute Gasteiger partial charge is 0.497 e. The van der Waals surface area contributed by atoms with Gasteiger partial charge in [0, 0.05) is 27.2 Å². The summed E-state index contributed by atoms with van der Waals surface area (Å²) < 4.78 is 10.00. The van der Waals surface area contributed by atoms with E-state index in [9.17, 15) is 10.5 Å². The third kappa shape index (κ3) is 3.71. The van der Waals surface area contributed by atoms with Crippen molar-refractivity contribution >= 4 is 43.6 Å². The van der Waals surface area contributed by atoms with Crippen LogP contribution in [0.15, 0.2) is 127 Å². The lowest BCUT2D eigenvalue weighted by Gasteiger charge is -2.11. The Hall–Kier alpha value is -6.30. The van der Waals surface area contributed by atoms with Crippen molar-refractivity contribution in [2.24, 2.45) is 0 Å². The monoisotopic (exact) mass is 564 g/mol. The summed E-state index contributed by atoms with van der Waals surface area (Å²) in [7, 11) is 1.66. The summed E-state index contributed by atoms with van der Waals surface area (Å²) in [5.74, 6) is 0.753. The zero-order chi connectivity index (χ0) is 29.8. The highest BCUT2D eigenvalue weighted by Gasteiger charge is 2.19. The highest BCUT2D eigenvalue weighted by molar-refractivity contribution is 6.13. The normalized spacial score (nSPS) is 11.2. The molecule has 0 atom stereocenters. The highest BCUT2D eigenvalue weighted by Crippen LogP contribution is 2.39. The molecule has 0 radical (unpaired) electrons. The fourth-order valence-corrected chi connectivity index (χ4v) is 6.51. The predicted molar refractivity (Wildman–Crippen MR) is 177 cm³/mol. The topological polar surface area (TPSA) is 66.7 Å². The van der Waals surface area contributed by atoms with E-state index in [0.717, 1.165) is 49.9 Å². The van der Waals surface area contributed by atoms with Crippen LogP contribution < -0.4 is 4.74 Å². The second kappa shape index (κ2) is 9.91. The molecule has 0 spiro atoms. The minimum Gasteiger partial charge on any atom is -0.497 e. The molecule has 0 fully saturated rings. The summed E-state index contributed by atoms with van der Waals surface area (Å²) in [5, 5.41) is 24.2. The fourth-order valence-electron chi connectivity index (χ4n) is 6.51. The van der Waals surface area contributed by atoms with Crippen LogP contribution in [0.5, 0.6) is 5.75 Å². The Balaban J connectivity index is 1.38. The first-order chi connectivity index (χ1) is 21.7. The number of ether oxygens (including phenoxy) is 1. The van der Waals surface area contributed by atoms with Crippen LogP contribution >= 0.6 is 0 Å². The van der Waals surface area contributed by atoms with Gasteiger partial charge in [-0.2, -0.15) is 10.5 Å². The average Bonchev–Trinajstić information content (AvgIpc) is 3.59. The molecule has 2 aromatic heterocycles. The standard InChI is InChI=1S/C39H24N4O/c1-44-29-16-19-39-33(22-29)32-21-26(15-18-38(32)43(39)36-13-7-8-27(23-40)34(36)24-41)25-14-17-37-31(20-25)30-11-5-6-12-35(30)42(37)28-9-3-2-4-10-28/h2-22H,1H3. The van der Waals surface area contributed by atoms with Gasteiger partial charge in [-0.3, -0.25) is 0 Å². The Morgan fingerprint density at radius 3 is 1.84 bits per heavy atom. The number of nitrogens with zero attached hydrogens (tertiary/aromatic N) is 4. The van der Waals surface area contributed by atoms with E-state index < -0.39 is 0 Å². The fraction of sp³-hybridized carbons (Fsp3) is 0.0256. The predicted octanol–water partition coefficient (Wildman–Crippen LogP) is 9.30. The van der Waals surface area contributed by atoms with Gasteiger partial charge < -0.3 is 13.9 Å². The van der Waals surface area contributed by atoms with Crippen LogP contribution in [0.4, 0.5) is 0 Å². The van der Waals surface area contributed by atoms with E-state index in [4.69, 9.17) is 4.74 Å². The van der Waals surface area contributed by atoms with Gasteiger partial charge in [-0.15, -0.1) is 0 Å². The first-order valence-corrected chi connectivity index (χ1v) is 14.3. The lowest BCUT2D eigenvalue weighted by molar-refractivity contribution is 0.415. The minimum atomic E-state index is 0.355. The molecule has 2 heterocycles. The molecule has 6 aromatic carbocycles. The van der Waals surface area contributed by atoms with E-state index in [2.05, 4.69) is 106 Å². The van der Waals surface area contributed by atoms with Crippen molar-refractivity contribution in [2.75, 3.05) is 7.11 Å². The van der Waals surface area contributed by atoms with Crippen molar-refractivity contribution in [1.82, 2.24) is 9.13 Å². The molecular weight excluding hydrogens is 540 g/mol. The second-order valence-electron chi connectivity index (χ2n) is 10.8. The Kier molecular flexibility index (Phi) is 5.72. The second-order valence-corrected chi connectivity index (χ2v) is 10.8. The molecule has 0 N–H and O–H groups in total. The molecular formula is C39H24N4O. The number of rotatable bonds is 4. The first-order valence-electron chi connectivity index (χ1n) is 14.3. The third-order valence-corrected chi connectivity index (χ3v) is 8.51. The average molecular weight is 565 g/mol. The summed E-state index contributed by atoms with van der Waals surface area (Å²) in [6.07, 6.45) is 0. The van der Waals surface area contributed by atoms with Crippen molar-refractivity contribution in [3.63, 3.8) is 0 Å². The molecule has 0 saturated carbocycles. The highest BCUT2D eigenvalue weighted by atomic mass is 16.5. The van der Waals surface area contributed by atoms with Crippen LogP contribution in [0.25, 0.3) is 66.1 Å². The van der Waals surface area contributed by atoms with E-state index in [0.29, 0.717) is 16.8 Å². The molecule has 0 aliphatic rings. The third-order valence-electron chi connectivity index (χ3n) is 8.51. The Labute approximate surface area is 253 Å². The van der Waals surface area contributed by atoms with Crippen molar-refractivity contribution < 1.29 is 4.74 Å². The van der Waals surface area contributed by atoms with Gasteiger partial charge in [0.2, 0.25) is 0 Å². The molecule has 0 amide bonds. The lowest BCUT2D eigenvalue weighted by Crippen LogP contribution is -1.99. The van der Waals surface area contributed by atoms with E-state index in [1.54, 1.807) is 13.2 Å². The van der Waals surface area contributed by atoms with Gasteiger partial charge in [0.15, 0.2) is 0 Å². The van der Waals surface area contributed by atoms with Crippen molar-refractivity contribution in [3.8, 4) is 40.4 Å². The summed E-state index contributed by atoms with van der Waals surface area (Å²) in [5.41, 5.74) is 8.94. The SMILES string of the molecule is COc1ccc2c(c1)c1cc(-c3ccc4c(c3)c3ccccc3n4-c3ccccc3)ccc1n2-c1cccc(C#N)c1C#N. The van der Waals surface area contributed by atoms with Crippen LogP contribution in [0.1, 0.15) is 11.1 Å². The van der Waals surface area contributed by atoms with Gasteiger partial charge in [0.05, 0.1) is 46.0 Å². The Morgan fingerprint density at radius 2 is 1.14 bits per heavy atom. The molecule has 0 aliphatic carbocycles. The Morgan fingerprint density at radius 1 is 0.523 bits per heavy atom. The maximum atomic E-state index is 10.0. The van der Waals surface area contributed by atoms with Crippen molar-refractivity contribution in [3.05, 3.63) is 139 Å². The molecule has 206 valence electrons. The maximum Gasteiger partial charge on any atom is 0.119 e. The van der Waals surface area contributed by atoms with Crippen molar-refractivity contribution in [2.45, 2.75) is 0 Å². The molecule has 44 heavy (non-hydrogen) atoms. The zero-order valence-corrected chi connectivity index (χ0v) is 23.8. The van der Waals surface area contributed by atoms with Gasteiger partial charge in [-0.1, -0.05) is 54.6 Å². The van der Waals surface area contributed by atoms with Gasteiger partial charge in [0.25, 0.3) is 0 Å². The number of fused-ring (bicyclic) bond motifs is 6. The van der Waals surface area contributed by atoms with Crippen LogP contribution in [0.2, 0.25) is 0 Å². The first kappa shape index (κ1) is 25.4. The summed E-state index contributed by atoms with van der Waals surface area (Å²) in [6.45, 7) is 0. The van der Waals surface area contributed by atoms with Crippen LogP contribution in [0.3, 0.4) is 0 Å². The molecule has 0 saturated heterocycles. The molecule has 0 bridgehead atoms. The minimum absolute atomic E-state index is 0.355. The molecule has 8 rings (SSSR count). The van der Waals surface area contributed by atoms with Gasteiger partial charge in [0.1, 0.15) is 17.9 Å². The van der Waals surface area contributed by atoms with Gasteiger partial charge in [-0.05, 0) is 83.9 Å². The molecule has 5 heteroatoms. The van der Waals surface area contributed by atoms with Crippen LogP contribution in [-0.4, -0.2) is 16.2 Å². The zero-order valence-electron chi connectivity index (χ0n) is 23.8. The lowest BCUT2D eigenvalue weighted by atomic mass is 10.0. The van der Waals surface area contributed by atoms with E-state index >= 15 is 0 Å². The number of aromatic nitrogens is 2. The quantitative estimate of drug-likeness (QED) is 0.214. The molecule has 0 unspecified atom stereocenters. The summed E-state index contributed by atoms with van der Waals surface area (Å²) >= 11 is 0. The number of hydrogen-bond donors (Lipinski definition) is 0. The van der Waals surface area contributed by atoms with Crippen LogP contribution in [0, 0.1) is 22.7 Å². The van der Waals surface area contributed by atoms with Crippen LogP contribution in [-0.2, 0) is 0 Å². The van der Waals surface area contributed by atoms with E-state index in [1.165, 1.54) is 16.3 Å². The van der Waals surface area contributed by atoms with Gasteiger partial charge >= 0.3 is 0 Å². The van der Waals surface area contributed by atoms with Crippen molar-refractivity contribution in [1.29, 1.82) is 10.5 Å². The number of nitriles is 2. The summed E-state index contributed by atoms with van der Waals surface area (Å²) in [4.78, 5) is 0. The van der Waals surface area contributed by atoms with E-state index in [-0.39, 0.29) is 0 Å².